The van der Waals surface area contributed by atoms with Gasteiger partial charge in [-0.15, -0.1) is 0 Å². The predicted octanol–water partition coefficient (Wildman–Crippen LogP) is 1.48. The number of anilines is 1. The highest BCUT2D eigenvalue weighted by Crippen LogP contribution is 2.23. The fraction of sp³-hybridized carbons (Fsp3) is 0.500. The van der Waals surface area contributed by atoms with Crippen molar-refractivity contribution in [1.82, 2.24) is 19.3 Å². The minimum Gasteiger partial charge on any atom is -0.475 e. The lowest BCUT2D eigenvalue weighted by Gasteiger charge is -2.35. The van der Waals surface area contributed by atoms with Crippen LogP contribution in [0.1, 0.15) is 31.4 Å². The molecule has 2 aromatic rings. The number of piperazine rings is 1. The molecule has 25 heavy (non-hydrogen) atoms. The predicted molar refractivity (Wildman–Crippen MR) is 90.0 cm³/mol. The number of ether oxygens (including phenoxy) is 1. The normalized spacial score (nSPS) is 15.5. The molecule has 1 amide bonds. The van der Waals surface area contributed by atoms with Crippen LogP contribution in [0.15, 0.2) is 18.6 Å². The van der Waals surface area contributed by atoms with Crippen LogP contribution in [-0.4, -0.2) is 68.2 Å². The molecule has 2 aromatic heterocycles. The molecule has 0 aromatic carbocycles. The van der Waals surface area contributed by atoms with Gasteiger partial charge in [-0.3, -0.25) is 9.38 Å². The first-order valence-electron chi connectivity index (χ1n) is 8.04. The SMILES string of the molecule is CC(C)(C)OC(=O)N1CCN(c2nc(C(=O)O)n3ccncc23)CC1. The van der Waals surface area contributed by atoms with E-state index in [2.05, 4.69) is 9.97 Å². The van der Waals surface area contributed by atoms with Gasteiger partial charge in [0.25, 0.3) is 0 Å². The number of carbonyl (C=O) groups is 2. The summed E-state index contributed by atoms with van der Waals surface area (Å²) in [6.07, 6.45) is 4.35. The Morgan fingerprint density at radius 2 is 1.88 bits per heavy atom. The second-order valence-electron chi connectivity index (χ2n) is 6.85. The summed E-state index contributed by atoms with van der Waals surface area (Å²) in [4.78, 5) is 35.5. The molecule has 9 heteroatoms. The van der Waals surface area contributed by atoms with E-state index in [1.807, 2.05) is 25.7 Å². The number of hydrogen-bond acceptors (Lipinski definition) is 6. The van der Waals surface area contributed by atoms with Gasteiger partial charge in [-0.1, -0.05) is 0 Å². The number of imidazole rings is 1. The van der Waals surface area contributed by atoms with E-state index in [0.717, 1.165) is 0 Å². The monoisotopic (exact) mass is 347 g/mol. The smallest absolute Gasteiger partial charge is 0.410 e. The van der Waals surface area contributed by atoms with E-state index in [-0.39, 0.29) is 11.9 Å². The highest BCUT2D eigenvalue weighted by Gasteiger charge is 2.28. The van der Waals surface area contributed by atoms with Crippen LogP contribution in [0.3, 0.4) is 0 Å². The minimum absolute atomic E-state index is 0.0537. The van der Waals surface area contributed by atoms with Crippen molar-refractivity contribution >= 4 is 23.4 Å². The second-order valence-corrected chi connectivity index (χ2v) is 6.85. The molecule has 1 fully saturated rings. The van der Waals surface area contributed by atoms with Crippen molar-refractivity contribution in [2.45, 2.75) is 26.4 Å². The first-order valence-corrected chi connectivity index (χ1v) is 8.04. The Bertz CT molecular complexity index is 802. The molecule has 3 rings (SSSR count). The summed E-state index contributed by atoms with van der Waals surface area (Å²) in [7, 11) is 0. The molecular weight excluding hydrogens is 326 g/mol. The van der Waals surface area contributed by atoms with E-state index < -0.39 is 11.6 Å². The van der Waals surface area contributed by atoms with Crippen molar-refractivity contribution < 1.29 is 19.4 Å². The molecule has 9 nitrogen and oxygen atoms in total. The zero-order chi connectivity index (χ0) is 18.2. The molecule has 0 saturated carbocycles. The molecule has 0 bridgehead atoms. The number of aromatic nitrogens is 3. The molecule has 3 heterocycles. The number of hydrogen-bond donors (Lipinski definition) is 1. The van der Waals surface area contributed by atoms with E-state index >= 15 is 0 Å². The number of rotatable bonds is 2. The first-order chi connectivity index (χ1) is 11.8. The third-order valence-corrected chi connectivity index (χ3v) is 3.85. The summed E-state index contributed by atoms with van der Waals surface area (Å²) in [5.41, 5.74) is 0.0988. The number of nitrogens with zero attached hydrogens (tertiary/aromatic N) is 5. The number of carboxylic acids is 1. The van der Waals surface area contributed by atoms with Crippen LogP contribution >= 0.6 is 0 Å². The summed E-state index contributed by atoms with van der Waals surface area (Å²) in [5.74, 6) is -0.587. The number of carbonyl (C=O) groups excluding carboxylic acids is 1. The van der Waals surface area contributed by atoms with Crippen molar-refractivity contribution in [3.63, 3.8) is 0 Å². The Morgan fingerprint density at radius 3 is 2.48 bits per heavy atom. The quantitative estimate of drug-likeness (QED) is 0.878. The van der Waals surface area contributed by atoms with Gasteiger partial charge < -0.3 is 19.6 Å². The molecule has 1 aliphatic heterocycles. The Labute approximate surface area is 144 Å². The lowest BCUT2D eigenvalue weighted by atomic mass is 10.2. The van der Waals surface area contributed by atoms with Crippen LogP contribution in [0.2, 0.25) is 0 Å². The van der Waals surface area contributed by atoms with Crippen LogP contribution in [0.25, 0.3) is 5.52 Å². The first kappa shape index (κ1) is 17.0. The van der Waals surface area contributed by atoms with E-state index in [9.17, 15) is 14.7 Å². The van der Waals surface area contributed by atoms with Crippen molar-refractivity contribution in [1.29, 1.82) is 0 Å². The number of fused-ring (bicyclic) bond motifs is 1. The summed E-state index contributed by atoms with van der Waals surface area (Å²) in [6, 6.07) is 0. The molecule has 0 spiro atoms. The molecule has 1 N–H and O–H groups in total. The largest absolute Gasteiger partial charge is 0.475 e. The van der Waals surface area contributed by atoms with Crippen molar-refractivity contribution in [3.05, 3.63) is 24.4 Å². The van der Waals surface area contributed by atoms with E-state index in [0.29, 0.717) is 37.5 Å². The fourth-order valence-corrected chi connectivity index (χ4v) is 2.73. The van der Waals surface area contributed by atoms with Gasteiger partial charge in [0.05, 0.1) is 6.20 Å². The van der Waals surface area contributed by atoms with Gasteiger partial charge in [0.15, 0.2) is 5.82 Å². The zero-order valence-corrected chi connectivity index (χ0v) is 14.5. The summed E-state index contributed by atoms with van der Waals surface area (Å²) < 4.78 is 6.89. The third kappa shape index (κ3) is 3.49. The lowest BCUT2D eigenvalue weighted by molar-refractivity contribution is 0.0240. The second kappa shape index (κ2) is 6.23. The maximum absolute atomic E-state index is 12.1. The van der Waals surface area contributed by atoms with E-state index in [4.69, 9.17) is 4.74 Å². The number of carboxylic acid groups (broad SMARTS) is 1. The summed E-state index contributed by atoms with van der Waals surface area (Å²) >= 11 is 0. The molecule has 0 radical (unpaired) electrons. The fourth-order valence-electron chi connectivity index (χ4n) is 2.73. The highest BCUT2D eigenvalue weighted by molar-refractivity contribution is 5.88. The number of amides is 1. The van der Waals surface area contributed by atoms with Gasteiger partial charge >= 0.3 is 12.1 Å². The molecule has 134 valence electrons. The molecular formula is C16H21N5O4. The zero-order valence-electron chi connectivity index (χ0n) is 14.5. The Kier molecular flexibility index (Phi) is 4.23. The Balaban J connectivity index is 1.77. The van der Waals surface area contributed by atoms with Gasteiger partial charge in [0.1, 0.15) is 11.1 Å². The van der Waals surface area contributed by atoms with Gasteiger partial charge in [0, 0.05) is 38.6 Å². The maximum atomic E-state index is 12.1. The van der Waals surface area contributed by atoms with Gasteiger partial charge in [0.2, 0.25) is 5.82 Å². The van der Waals surface area contributed by atoms with Gasteiger partial charge in [-0.25, -0.2) is 14.6 Å². The van der Waals surface area contributed by atoms with Crippen molar-refractivity contribution in [2.24, 2.45) is 0 Å². The van der Waals surface area contributed by atoms with Crippen molar-refractivity contribution in [3.8, 4) is 0 Å². The molecule has 0 unspecified atom stereocenters. The average molecular weight is 347 g/mol. The van der Waals surface area contributed by atoms with E-state index in [1.165, 1.54) is 10.6 Å². The van der Waals surface area contributed by atoms with Crippen LogP contribution in [-0.2, 0) is 4.74 Å². The molecule has 1 saturated heterocycles. The lowest BCUT2D eigenvalue weighted by Crippen LogP contribution is -2.50. The van der Waals surface area contributed by atoms with Crippen LogP contribution in [0.4, 0.5) is 10.6 Å². The Hall–Kier alpha value is -2.84. The average Bonchev–Trinajstić information content (AvgIpc) is 2.93. The van der Waals surface area contributed by atoms with Crippen LogP contribution in [0, 0.1) is 0 Å². The molecule has 1 aliphatic rings. The number of aromatic carboxylic acids is 1. The summed E-state index contributed by atoms with van der Waals surface area (Å²) in [5, 5.41) is 9.33. The van der Waals surface area contributed by atoms with Crippen LogP contribution in [0.5, 0.6) is 0 Å². The summed E-state index contributed by atoms with van der Waals surface area (Å²) in [6.45, 7) is 7.55. The molecule has 0 atom stereocenters. The van der Waals surface area contributed by atoms with Gasteiger partial charge in [-0.05, 0) is 20.8 Å². The van der Waals surface area contributed by atoms with Crippen molar-refractivity contribution in [2.75, 3.05) is 31.1 Å². The van der Waals surface area contributed by atoms with Gasteiger partial charge in [-0.2, -0.15) is 0 Å². The third-order valence-electron chi connectivity index (χ3n) is 3.85. The highest BCUT2D eigenvalue weighted by atomic mass is 16.6. The maximum Gasteiger partial charge on any atom is 0.410 e. The molecule has 0 aliphatic carbocycles. The standard InChI is InChI=1S/C16H21N5O4/c1-16(2,3)25-15(24)20-8-6-19(7-9-20)12-11-10-17-4-5-21(11)13(18-12)14(22)23/h4-5,10H,6-9H2,1-3H3,(H,22,23). The van der Waals surface area contributed by atoms with Crippen LogP contribution < -0.4 is 4.90 Å². The topological polar surface area (TPSA) is 100 Å². The minimum atomic E-state index is -1.10. The van der Waals surface area contributed by atoms with E-state index in [1.54, 1.807) is 17.3 Å². The Morgan fingerprint density at radius 1 is 1.20 bits per heavy atom.